The first-order chi connectivity index (χ1) is 7.72. The molecule has 1 aromatic carbocycles. The fourth-order valence-electron chi connectivity index (χ4n) is 1.44. The molecular weight excluding hydrogens is 228 g/mol. The molecule has 82 valence electrons. The standard InChI is InChI=1S/C12H9ClO3/c1-15-12(14)9-5-4-8(13)7-10(9)11-3-2-6-16-11/h2-7H,1H3. The normalized spacial score (nSPS) is 10.1. The van der Waals surface area contributed by atoms with Gasteiger partial charge in [-0.15, -0.1) is 0 Å². The molecule has 3 nitrogen and oxygen atoms in total. The van der Waals surface area contributed by atoms with Gasteiger partial charge in [0.25, 0.3) is 0 Å². The van der Waals surface area contributed by atoms with Crippen molar-refractivity contribution in [3.05, 3.63) is 47.2 Å². The maximum atomic E-state index is 11.5. The second-order valence-electron chi connectivity index (χ2n) is 3.16. The summed E-state index contributed by atoms with van der Waals surface area (Å²) in [6.07, 6.45) is 1.54. The summed E-state index contributed by atoms with van der Waals surface area (Å²) in [6, 6.07) is 8.44. The molecule has 0 radical (unpaired) electrons. The highest BCUT2D eigenvalue weighted by Gasteiger charge is 2.15. The Hall–Kier alpha value is -1.74. The molecular formula is C12H9ClO3. The van der Waals surface area contributed by atoms with Crippen molar-refractivity contribution >= 4 is 17.6 Å². The van der Waals surface area contributed by atoms with E-state index in [2.05, 4.69) is 0 Å². The van der Waals surface area contributed by atoms with E-state index in [0.29, 0.717) is 21.9 Å². The minimum atomic E-state index is -0.414. The van der Waals surface area contributed by atoms with Gasteiger partial charge in [-0.3, -0.25) is 0 Å². The Labute approximate surface area is 97.6 Å². The molecule has 0 saturated carbocycles. The Morgan fingerprint density at radius 2 is 2.19 bits per heavy atom. The highest BCUT2D eigenvalue weighted by atomic mass is 35.5. The lowest BCUT2D eigenvalue weighted by Gasteiger charge is -2.05. The lowest BCUT2D eigenvalue weighted by atomic mass is 10.1. The molecule has 0 atom stereocenters. The monoisotopic (exact) mass is 236 g/mol. The minimum Gasteiger partial charge on any atom is -0.465 e. The Bertz CT molecular complexity index is 503. The molecule has 0 fully saturated rings. The van der Waals surface area contributed by atoms with Crippen molar-refractivity contribution in [2.24, 2.45) is 0 Å². The van der Waals surface area contributed by atoms with Crippen LogP contribution in [0.15, 0.2) is 41.0 Å². The summed E-state index contributed by atoms with van der Waals surface area (Å²) in [7, 11) is 1.34. The Morgan fingerprint density at radius 1 is 1.38 bits per heavy atom. The van der Waals surface area contributed by atoms with E-state index in [1.54, 1.807) is 30.3 Å². The first-order valence-corrected chi connectivity index (χ1v) is 5.02. The number of hydrogen-bond donors (Lipinski definition) is 0. The smallest absolute Gasteiger partial charge is 0.338 e. The molecule has 0 saturated heterocycles. The predicted molar refractivity (Wildman–Crippen MR) is 60.5 cm³/mol. The van der Waals surface area contributed by atoms with Crippen molar-refractivity contribution in [3.63, 3.8) is 0 Å². The summed E-state index contributed by atoms with van der Waals surface area (Å²) >= 11 is 5.89. The first-order valence-electron chi connectivity index (χ1n) is 4.64. The SMILES string of the molecule is COC(=O)c1ccc(Cl)cc1-c1ccco1. The third-order valence-electron chi connectivity index (χ3n) is 2.17. The summed E-state index contributed by atoms with van der Waals surface area (Å²) in [4.78, 5) is 11.5. The maximum Gasteiger partial charge on any atom is 0.338 e. The van der Waals surface area contributed by atoms with Crippen LogP contribution < -0.4 is 0 Å². The average Bonchev–Trinajstić information content (AvgIpc) is 2.81. The zero-order valence-electron chi connectivity index (χ0n) is 8.57. The van der Waals surface area contributed by atoms with Crippen molar-refractivity contribution in [1.82, 2.24) is 0 Å². The van der Waals surface area contributed by atoms with E-state index in [-0.39, 0.29) is 0 Å². The van der Waals surface area contributed by atoms with Gasteiger partial charge in [0.05, 0.1) is 18.9 Å². The molecule has 0 aliphatic rings. The maximum absolute atomic E-state index is 11.5. The number of carbonyl (C=O) groups is 1. The Balaban J connectivity index is 2.57. The third kappa shape index (κ3) is 1.95. The number of carbonyl (C=O) groups excluding carboxylic acids is 1. The van der Waals surface area contributed by atoms with Crippen LogP contribution in [0, 0.1) is 0 Å². The quantitative estimate of drug-likeness (QED) is 0.751. The first kappa shape index (κ1) is 10.8. The van der Waals surface area contributed by atoms with Crippen LogP contribution in [0.1, 0.15) is 10.4 Å². The van der Waals surface area contributed by atoms with E-state index in [0.717, 1.165) is 0 Å². The number of rotatable bonds is 2. The van der Waals surface area contributed by atoms with E-state index >= 15 is 0 Å². The molecule has 0 spiro atoms. The van der Waals surface area contributed by atoms with Gasteiger partial charge in [0.15, 0.2) is 0 Å². The highest BCUT2D eigenvalue weighted by molar-refractivity contribution is 6.31. The predicted octanol–water partition coefficient (Wildman–Crippen LogP) is 3.39. The van der Waals surface area contributed by atoms with Crippen molar-refractivity contribution in [2.75, 3.05) is 7.11 Å². The molecule has 0 aliphatic carbocycles. The lowest BCUT2D eigenvalue weighted by Crippen LogP contribution is -2.03. The largest absolute Gasteiger partial charge is 0.465 e. The summed E-state index contributed by atoms with van der Waals surface area (Å²) in [5.74, 6) is 0.172. The molecule has 16 heavy (non-hydrogen) atoms. The van der Waals surface area contributed by atoms with Gasteiger partial charge in [-0.1, -0.05) is 11.6 Å². The Kier molecular flexibility index (Phi) is 2.97. The molecule has 0 aliphatic heterocycles. The fourth-order valence-corrected chi connectivity index (χ4v) is 1.61. The highest BCUT2D eigenvalue weighted by Crippen LogP contribution is 2.27. The van der Waals surface area contributed by atoms with Gasteiger partial charge < -0.3 is 9.15 Å². The van der Waals surface area contributed by atoms with Gasteiger partial charge in [0.2, 0.25) is 0 Å². The van der Waals surface area contributed by atoms with Crippen LogP contribution >= 0.6 is 11.6 Å². The molecule has 0 unspecified atom stereocenters. The number of esters is 1. The number of hydrogen-bond acceptors (Lipinski definition) is 3. The van der Waals surface area contributed by atoms with E-state index in [9.17, 15) is 4.79 Å². The second-order valence-corrected chi connectivity index (χ2v) is 3.60. The van der Waals surface area contributed by atoms with Crippen molar-refractivity contribution in [3.8, 4) is 11.3 Å². The van der Waals surface area contributed by atoms with Gasteiger partial charge in [-0.25, -0.2) is 4.79 Å². The van der Waals surface area contributed by atoms with Gasteiger partial charge in [-0.05, 0) is 30.3 Å². The number of furan rings is 1. The topological polar surface area (TPSA) is 39.4 Å². The molecule has 0 N–H and O–H groups in total. The van der Waals surface area contributed by atoms with Crippen molar-refractivity contribution in [2.45, 2.75) is 0 Å². The Morgan fingerprint density at radius 3 is 2.81 bits per heavy atom. The lowest BCUT2D eigenvalue weighted by molar-refractivity contribution is 0.0601. The van der Waals surface area contributed by atoms with E-state index in [4.69, 9.17) is 20.8 Å². The van der Waals surface area contributed by atoms with Crippen LogP contribution in [0.5, 0.6) is 0 Å². The van der Waals surface area contributed by atoms with Crippen molar-refractivity contribution < 1.29 is 13.9 Å². The van der Waals surface area contributed by atoms with E-state index in [1.165, 1.54) is 13.4 Å². The summed E-state index contributed by atoms with van der Waals surface area (Å²) < 4.78 is 9.93. The van der Waals surface area contributed by atoms with Crippen LogP contribution in [0.25, 0.3) is 11.3 Å². The molecule has 0 bridgehead atoms. The molecule has 0 amide bonds. The minimum absolute atomic E-state index is 0.414. The number of halogens is 1. The molecule has 1 heterocycles. The van der Waals surface area contributed by atoms with Crippen LogP contribution in [0.3, 0.4) is 0 Å². The zero-order valence-corrected chi connectivity index (χ0v) is 9.32. The van der Waals surface area contributed by atoms with Gasteiger partial charge in [0, 0.05) is 10.6 Å². The summed E-state index contributed by atoms with van der Waals surface area (Å²) in [6.45, 7) is 0. The molecule has 2 rings (SSSR count). The molecule has 1 aromatic heterocycles. The molecule has 4 heteroatoms. The van der Waals surface area contributed by atoms with Gasteiger partial charge >= 0.3 is 5.97 Å². The van der Waals surface area contributed by atoms with E-state index in [1.807, 2.05) is 0 Å². The number of benzene rings is 1. The second kappa shape index (κ2) is 4.41. The number of methoxy groups -OCH3 is 1. The van der Waals surface area contributed by atoms with E-state index < -0.39 is 5.97 Å². The molecule has 2 aromatic rings. The third-order valence-corrected chi connectivity index (χ3v) is 2.41. The average molecular weight is 237 g/mol. The van der Waals surface area contributed by atoms with Gasteiger partial charge in [-0.2, -0.15) is 0 Å². The fraction of sp³-hybridized carbons (Fsp3) is 0.0833. The zero-order chi connectivity index (χ0) is 11.5. The summed E-state index contributed by atoms with van der Waals surface area (Å²) in [5, 5.41) is 0.541. The summed E-state index contributed by atoms with van der Waals surface area (Å²) in [5.41, 5.74) is 1.06. The van der Waals surface area contributed by atoms with Crippen LogP contribution in [-0.4, -0.2) is 13.1 Å². The van der Waals surface area contributed by atoms with Crippen LogP contribution in [0.2, 0.25) is 5.02 Å². The van der Waals surface area contributed by atoms with Crippen molar-refractivity contribution in [1.29, 1.82) is 0 Å². The van der Waals surface area contributed by atoms with Gasteiger partial charge in [0.1, 0.15) is 5.76 Å². The van der Waals surface area contributed by atoms with Crippen LogP contribution in [-0.2, 0) is 4.74 Å². The van der Waals surface area contributed by atoms with Crippen LogP contribution in [0.4, 0.5) is 0 Å². The number of ether oxygens (including phenoxy) is 1.